The number of nitrogens with zero attached hydrogens (tertiary/aromatic N) is 4. The van der Waals surface area contributed by atoms with Crippen LogP contribution in [0.5, 0.6) is 0 Å². The molecule has 0 unspecified atom stereocenters. The molecule has 0 radical (unpaired) electrons. The summed E-state index contributed by atoms with van der Waals surface area (Å²) >= 11 is 1.39. The van der Waals surface area contributed by atoms with Gasteiger partial charge in [-0.3, -0.25) is 14.0 Å². The number of carbonyl (C=O) groups excluding carboxylic acids is 1. The first-order chi connectivity index (χ1) is 14.5. The lowest BCUT2D eigenvalue weighted by Crippen LogP contribution is -2.24. The molecule has 5 rings (SSSR count). The lowest BCUT2D eigenvalue weighted by Gasteiger charge is -2.08. The summed E-state index contributed by atoms with van der Waals surface area (Å²) in [6.45, 7) is -0.183. The summed E-state index contributed by atoms with van der Waals surface area (Å²) in [6.07, 6.45) is 0. The number of fused-ring (bicyclic) bond motifs is 4. The second-order valence-corrected chi connectivity index (χ2v) is 7.68. The van der Waals surface area contributed by atoms with Gasteiger partial charge in [-0.2, -0.15) is 5.10 Å². The molecule has 0 amide bonds. The number of aromatic nitrogens is 4. The zero-order valence-electron chi connectivity index (χ0n) is 15.7. The molecule has 30 heavy (non-hydrogen) atoms. The van der Waals surface area contributed by atoms with Crippen molar-refractivity contribution in [2.45, 2.75) is 6.61 Å². The summed E-state index contributed by atoms with van der Waals surface area (Å²) in [5.41, 5.74) is 0.627. The SMILES string of the molecule is Cn1nc(C(=O)OCc2cc(=O)n3c(n2)sc2ccccc23)c2ccccc2c1=O. The topological polar surface area (TPSA) is 95.6 Å². The van der Waals surface area contributed by atoms with Crippen molar-refractivity contribution >= 4 is 43.3 Å². The Morgan fingerprint density at radius 1 is 1.07 bits per heavy atom. The number of ether oxygens (including phenoxy) is 1. The van der Waals surface area contributed by atoms with Crippen LogP contribution in [0, 0.1) is 0 Å². The molecular weight excluding hydrogens is 404 g/mol. The minimum atomic E-state index is -0.694. The number of rotatable bonds is 3. The highest BCUT2D eigenvalue weighted by molar-refractivity contribution is 7.23. The Morgan fingerprint density at radius 2 is 1.80 bits per heavy atom. The molecule has 0 atom stereocenters. The van der Waals surface area contributed by atoms with Crippen molar-refractivity contribution in [3.8, 4) is 0 Å². The molecule has 3 heterocycles. The monoisotopic (exact) mass is 418 g/mol. The summed E-state index contributed by atoms with van der Waals surface area (Å²) in [4.78, 5) is 42.5. The molecular formula is C21H14N4O4S. The average molecular weight is 418 g/mol. The Labute approximate surface area is 172 Å². The lowest BCUT2D eigenvalue weighted by molar-refractivity contribution is 0.0460. The Morgan fingerprint density at radius 3 is 2.63 bits per heavy atom. The zero-order valence-corrected chi connectivity index (χ0v) is 16.5. The van der Waals surface area contributed by atoms with Crippen molar-refractivity contribution in [2.24, 2.45) is 7.05 Å². The normalized spacial score (nSPS) is 11.4. The van der Waals surface area contributed by atoms with Gasteiger partial charge in [-0.15, -0.1) is 0 Å². The molecule has 9 heteroatoms. The summed E-state index contributed by atoms with van der Waals surface area (Å²) < 4.78 is 8.95. The molecule has 0 aliphatic rings. The number of hydrogen-bond acceptors (Lipinski definition) is 7. The maximum atomic E-state index is 12.7. The van der Waals surface area contributed by atoms with E-state index < -0.39 is 5.97 Å². The predicted octanol–water partition coefficient (Wildman–Crippen LogP) is 2.51. The molecule has 148 valence electrons. The van der Waals surface area contributed by atoms with Gasteiger partial charge in [-0.1, -0.05) is 41.7 Å². The number of esters is 1. The van der Waals surface area contributed by atoms with Gasteiger partial charge in [0.25, 0.3) is 11.1 Å². The molecule has 0 saturated heterocycles. The fraction of sp³-hybridized carbons (Fsp3) is 0.0952. The van der Waals surface area contributed by atoms with Gasteiger partial charge in [-0.25, -0.2) is 14.5 Å². The Kier molecular flexibility index (Phi) is 4.18. The van der Waals surface area contributed by atoms with Crippen molar-refractivity contribution in [1.29, 1.82) is 0 Å². The van der Waals surface area contributed by atoms with E-state index >= 15 is 0 Å². The average Bonchev–Trinajstić information content (AvgIpc) is 3.13. The maximum absolute atomic E-state index is 12.7. The van der Waals surface area contributed by atoms with Crippen molar-refractivity contribution in [3.05, 3.63) is 86.7 Å². The first-order valence-corrected chi connectivity index (χ1v) is 9.88. The van der Waals surface area contributed by atoms with Gasteiger partial charge in [0.05, 0.1) is 21.3 Å². The smallest absolute Gasteiger partial charge is 0.359 e. The van der Waals surface area contributed by atoms with Crippen molar-refractivity contribution in [2.75, 3.05) is 0 Å². The molecule has 0 fully saturated rings. The molecule has 3 aromatic heterocycles. The standard InChI is InChI=1S/C21H14N4O4S/c1-24-19(27)14-7-3-2-6-13(14)18(23-24)20(28)29-11-12-10-17(26)25-15-8-4-5-9-16(15)30-21(25)22-12/h2-10H,11H2,1H3. The number of thiazole rings is 1. The van der Waals surface area contributed by atoms with Crippen LogP contribution < -0.4 is 11.1 Å². The van der Waals surface area contributed by atoms with E-state index in [0.717, 1.165) is 14.9 Å². The van der Waals surface area contributed by atoms with Gasteiger partial charge < -0.3 is 4.74 Å². The third-order valence-corrected chi connectivity index (χ3v) is 5.77. The van der Waals surface area contributed by atoms with Crippen LogP contribution in [0.15, 0.2) is 64.2 Å². The maximum Gasteiger partial charge on any atom is 0.359 e. The minimum absolute atomic E-state index is 0.0346. The first kappa shape index (κ1) is 18.2. The summed E-state index contributed by atoms with van der Waals surface area (Å²) in [5.74, 6) is -0.694. The van der Waals surface area contributed by atoms with Gasteiger partial charge in [-0.05, 0) is 18.2 Å². The van der Waals surface area contributed by atoms with Gasteiger partial charge in [0, 0.05) is 18.5 Å². The lowest BCUT2D eigenvalue weighted by atomic mass is 10.1. The largest absolute Gasteiger partial charge is 0.454 e. The van der Waals surface area contributed by atoms with Gasteiger partial charge >= 0.3 is 5.97 Å². The van der Waals surface area contributed by atoms with Crippen LogP contribution in [0.1, 0.15) is 16.2 Å². The summed E-state index contributed by atoms with van der Waals surface area (Å²) in [7, 11) is 1.48. The molecule has 0 N–H and O–H groups in total. The highest BCUT2D eigenvalue weighted by Crippen LogP contribution is 2.23. The third kappa shape index (κ3) is 2.87. The highest BCUT2D eigenvalue weighted by Gasteiger charge is 2.18. The molecule has 2 aromatic carbocycles. The number of benzene rings is 2. The highest BCUT2D eigenvalue weighted by atomic mass is 32.1. The molecule has 5 aromatic rings. The minimum Gasteiger partial charge on any atom is -0.454 e. The quantitative estimate of drug-likeness (QED) is 0.418. The molecule has 0 saturated carbocycles. The number of aryl methyl sites for hydroxylation is 1. The predicted molar refractivity (Wildman–Crippen MR) is 113 cm³/mol. The van der Waals surface area contributed by atoms with Crippen LogP contribution in [0.3, 0.4) is 0 Å². The van der Waals surface area contributed by atoms with E-state index in [-0.39, 0.29) is 23.4 Å². The van der Waals surface area contributed by atoms with Crippen molar-refractivity contribution < 1.29 is 9.53 Å². The second kappa shape index (κ2) is 6.89. The van der Waals surface area contributed by atoms with E-state index in [1.165, 1.54) is 28.9 Å². The van der Waals surface area contributed by atoms with E-state index in [1.807, 2.05) is 24.3 Å². The zero-order chi connectivity index (χ0) is 20.8. The molecule has 0 spiro atoms. The fourth-order valence-electron chi connectivity index (χ4n) is 3.36. The Balaban J connectivity index is 1.49. The van der Waals surface area contributed by atoms with Crippen LogP contribution in [0.2, 0.25) is 0 Å². The van der Waals surface area contributed by atoms with Crippen LogP contribution in [-0.2, 0) is 18.4 Å². The van der Waals surface area contributed by atoms with Crippen LogP contribution in [-0.4, -0.2) is 25.1 Å². The van der Waals surface area contributed by atoms with E-state index in [0.29, 0.717) is 21.4 Å². The molecule has 0 aliphatic heterocycles. The fourth-order valence-corrected chi connectivity index (χ4v) is 4.41. The molecule has 8 nitrogen and oxygen atoms in total. The Hall–Kier alpha value is -3.85. The van der Waals surface area contributed by atoms with Gasteiger partial charge in [0.1, 0.15) is 6.61 Å². The second-order valence-electron chi connectivity index (χ2n) is 6.67. The van der Waals surface area contributed by atoms with Crippen molar-refractivity contribution in [1.82, 2.24) is 19.2 Å². The van der Waals surface area contributed by atoms with Gasteiger partial charge in [0.2, 0.25) is 0 Å². The van der Waals surface area contributed by atoms with Crippen LogP contribution >= 0.6 is 11.3 Å². The number of hydrogen-bond donors (Lipinski definition) is 0. The van der Waals surface area contributed by atoms with Gasteiger partial charge in [0.15, 0.2) is 10.7 Å². The van der Waals surface area contributed by atoms with Crippen LogP contribution in [0.4, 0.5) is 0 Å². The third-order valence-electron chi connectivity index (χ3n) is 4.75. The molecule has 0 bridgehead atoms. The van der Waals surface area contributed by atoms with E-state index in [2.05, 4.69) is 10.1 Å². The summed E-state index contributed by atoms with van der Waals surface area (Å²) in [5, 5.41) is 4.85. The summed E-state index contributed by atoms with van der Waals surface area (Å²) in [6, 6.07) is 15.6. The van der Waals surface area contributed by atoms with E-state index in [4.69, 9.17) is 4.74 Å². The van der Waals surface area contributed by atoms with Crippen molar-refractivity contribution in [3.63, 3.8) is 0 Å². The Bertz CT molecular complexity index is 1580. The van der Waals surface area contributed by atoms with E-state index in [9.17, 15) is 14.4 Å². The van der Waals surface area contributed by atoms with Crippen LogP contribution in [0.25, 0.3) is 25.9 Å². The first-order valence-electron chi connectivity index (χ1n) is 9.06. The number of para-hydroxylation sites is 1. The molecule has 0 aliphatic carbocycles. The number of carbonyl (C=O) groups is 1. The van der Waals surface area contributed by atoms with E-state index in [1.54, 1.807) is 24.3 Å².